The molecule has 0 bridgehead atoms. The maximum Gasteiger partial charge on any atom is 0.243 e. The standard InChI is InChI=1S/C19H24N2O3S/c1-14-10-11-15(2)18(12-14)25(23,24)21(4)13-19(22)20-16(3)17-8-6-5-7-9-17/h5-12,16H,13H2,1-4H3,(H,20,22)/t16-/m1/s1. The zero-order chi connectivity index (χ0) is 18.6. The van der Waals surface area contributed by atoms with Crippen LogP contribution in [-0.2, 0) is 14.8 Å². The second-order valence-corrected chi connectivity index (χ2v) is 8.24. The van der Waals surface area contributed by atoms with Crippen molar-refractivity contribution < 1.29 is 13.2 Å². The molecular formula is C19H24N2O3S. The summed E-state index contributed by atoms with van der Waals surface area (Å²) in [5.41, 5.74) is 2.49. The van der Waals surface area contributed by atoms with Gasteiger partial charge in [-0.3, -0.25) is 4.79 Å². The summed E-state index contributed by atoms with van der Waals surface area (Å²) < 4.78 is 26.6. The molecule has 0 fully saturated rings. The lowest BCUT2D eigenvalue weighted by Gasteiger charge is -2.20. The van der Waals surface area contributed by atoms with Crippen molar-refractivity contribution in [3.8, 4) is 0 Å². The maximum atomic E-state index is 12.7. The average Bonchev–Trinajstić information content (AvgIpc) is 2.57. The topological polar surface area (TPSA) is 66.5 Å². The third kappa shape index (κ3) is 4.67. The molecule has 25 heavy (non-hydrogen) atoms. The van der Waals surface area contributed by atoms with E-state index in [9.17, 15) is 13.2 Å². The number of hydrogen-bond acceptors (Lipinski definition) is 3. The molecule has 0 spiro atoms. The number of nitrogens with zero attached hydrogens (tertiary/aromatic N) is 1. The van der Waals surface area contributed by atoms with Gasteiger partial charge in [0.2, 0.25) is 15.9 Å². The Morgan fingerprint density at radius 1 is 1.12 bits per heavy atom. The smallest absolute Gasteiger partial charge is 0.243 e. The van der Waals surface area contributed by atoms with E-state index < -0.39 is 10.0 Å². The predicted octanol–water partition coefficient (Wildman–Crippen LogP) is 2.80. The van der Waals surface area contributed by atoms with E-state index in [1.54, 1.807) is 19.1 Å². The number of carbonyl (C=O) groups excluding carboxylic acids is 1. The van der Waals surface area contributed by atoms with Gasteiger partial charge in [-0.2, -0.15) is 4.31 Å². The molecule has 6 heteroatoms. The highest BCUT2D eigenvalue weighted by Gasteiger charge is 2.25. The number of nitrogens with one attached hydrogen (secondary N) is 1. The van der Waals surface area contributed by atoms with Gasteiger partial charge in [-0.1, -0.05) is 42.5 Å². The molecule has 2 aromatic rings. The van der Waals surface area contributed by atoms with Gasteiger partial charge < -0.3 is 5.32 Å². The lowest BCUT2D eigenvalue weighted by molar-refractivity contribution is -0.121. The number of sulfonamides is 1. The van der Waals surface area contributed by atoms with Crippen LogP contribution in [0.3, 0.4) is 0 Å². The average molecular weight is 360 g/mol. The fraction of sp³-hybridized carbons (Fsp3) is 0.316. The fourth-order valence-electron chi connectivity index (χ4n) is 2.55. The molecule has 0 heterocycles. The number of rotatable bonds is 6. The minimum atomic E-state index is -3.72. The van der Waals surface area contributed by atoms with Crippen molar-refractivity contribution >= 4 is 15.9 Å². The van der Waals surface area contributed by atoms with E-state index in [4.69, 9.17) is 0 Å². The van der Waals surface area contributed by atoms with E-state index in [1.807, 2.05) is 50.2 Å². The normalized spacial score (nSPS) is 12.8. The summed E-state index contributed by atoms with van der Waals surface area (Å²) in [6.07, 6.45) is 0. The third-order valence-electron chi connectivity index (χ3n) is 4.08. The van der Waals surface area contributed by atoms with Crippen molar-refractivity contribution in [2.75, 3.05) is 13.6 Å². The zero-order valence-electron chi connectivity index (χ0n) is 15.0. The zero-order valence-corrected chi connectivity index (χ0v) is 15.8. The van der Waals surface area contributed by atoms with E-state index >= 15 is 0 Å². The molecule has 2 aromatic carbocycles. The third-order valence-corrected chi connectivity index (χ3v) is 6.02. The SMILES string of the molecule is Cc1ccc(C)c(S(=O)(=O)N(C)CC(=O)N[C@H](C)c2ccccc2)c1. The van der Waals surface area contributed by atoms with Gasteiger partial charge in [-0.15, -0.1) is 0 Å². The van der Waals surface area contributed by atoms with Gasteiger partial charge >= 0.3 is 0 Å². The van der Waals surface area contributed by atoms with E-state index in [0.29, 0.717) is 5.56 Å². The van der Waals surface area contributed by atoms with Gasteiger partial charge in [-0.25, -0.2) is 8.42 Å². The van der Waals surface area contributed by atoms with E-state index in [1.165, 1.54) is 7.05 Å². The molecule has 0 saturated carbocycles. The van der Waals surface area contributed by atoms with Crippen LogP contribution in [0.15, 0.2) is 53.4 Å². The summed E-state index contributed by atoms with van der Waals surface area (Å²) in [4.78, 5) is 12.5. The molecule has 5 nitrogen and oxygen atoms in total. The van der Waals surface area contributed by atoms with Crippen LogP contribution >= 0.6 is 0 Å². The Hall–Kier alpha value is -2.18. The fourth-order valence-corrected chi connectivity index (χ4v) is 3.99. The molecule has 0 aromatic heterocycles. The molecule has 1 N–H and O–H groups in total. The van der Waals surface area contributed by atoms with Crippen LogP contribution in [0.5, 0.6) is 0 Å². The molecule has 0 unspecified atom stereocenters. The lowest BCUT2D eigenvalue weighted by Crippen LogP contribution is -2.39. The first-order valence-corrected chi connectivity index (χ1v) is 9.53. The van der Waals surface area contributed by atoms with Gasteiger partial charge in [0.1, 0.15) is 0 Å². The Morgan fingerprint density at radius 2 is 1.76 bits per heavy atom. The summed E-state index contributed by atoms with van der Waals surface area (Å²) in [5.74, 6) is -0.340. The number of amides is 1. The number of benzene rings is 2. The van der Waals surface area contributed by atoms with Crippen LogP contribution in [0.4, 0.5) is 0 Å². The maximum absolute atomic E-state index is 12.7. The van der Waals surface area contributed by atoms with Crippen LogP contribution in [0.2, 0.25) is 0 Å². The number of hydrogen-bond donors (Lipinski definition) is 1. The molecule has 0 saturated heterocycles. The molecule has 134 valence electrons. The van der Waals surface area contributed by atoms with Crippen LogP contribution in [0, 0.1) is 13.8 Å². The Morgan fingerprint density at radius 3 is 2.40 bits per heavy atom. The molecule has 2 rings (SSSR count). The first-order chi connectivity index (χ1) is 11.7. The van der Waals surface area contributed by atoms with Crippen molar-refractivity contribution in [2.24, 2.45) is 0 Å². The number of carbonyl (C=O) groups is 1. The van der Waals surface area contributed by atoms with Gasteiger partial charge in [0.25, 0.3) is 0 Å². The molecule has 0 radical (unpaired) electrons. The van der Waals surface area contributed by atoms with Crippen molar-refractivity contribution in [2.45, 2.75) is 31.7 Å². The first-order valence-electron chi connectivity index (χ1n) is 8.09. The molecule has 1 atom stereocenters. The van der Waals surface area contributed by atoms with Gasteiger partial charge in [-0.05, 0) is 43.5 Å². The van der Waals surface area contributed by atoms with E-state index in [0.717, 1.165) is 15.4 Å². The summed E-state index contributed by atoms with van der Waals surface area (Å²) in [6.45, 7) is 5.23. The highest BCUT2D eigenvalue weighted by atomic mass is 32.2. The van der Waals surface area contributed by atoms with Crippen molar-refractivity contribution in [1.82, 2.24) is 9.62 Å². The quantitative estimate of drug-likeness (QED) is 0.861. The monoisotopic (exact) mass is 360 g/mol. The molecule has 1 amide bonds. The van der Waals surface area contributed by atoms with E-state index in [2.05, 4.69) is 5.32 Å². The van der Waals surface area contributed by atoms with Crippen molar-refractivity contribution in [3.63, 3.8) is 0 Å². The van der Waals surface area contributed by atoms with E-state index in [-0.39, 0.29) is 23.4 Å². The highest BCUT2D eigenvalue weighted by Crippen LogP contribution is 2.20. The molecular weight excluding hydrogens is 336 g/mol. The van der Waals surface area contributed by atoms with Gasteiger partial charge in [0.15, 0.2) is 0 Å². The minimum absolute atomic E-state index is 0.189. The highest BCUT2D eigenvalue weighted by molar-refractivity contribution is 7.89. The van der Waals surface area contributed by atoms with Crippen LogP contribution in [-0.4, -0.2) is 32.2 Å². The van der Waals surface area contributed by atoms with Crippen LogP contribution < -0.4 is 5.32 Å². The summed E-state index contributed by atoms with van der Waals surface area (Å²) >= 11 is 0. The second kappa shape index (κ2) is 7.80. The summed E-state index contributed by atoms with van der Waals surface area (Å²) in [5, 5.41) is 2.83. The van der Waals surface area contributed by atoms with Crippen molar-refractivity contribution in [3.05, 3.63) is 65.2 Å². The van der Waals surface area contributed by atoms with Gasteiger partial charge in [0.05, 0.1) is 17.5 Å². The number of aryl methyl sites for hydroxylation is 2. The van der Waals surface area contributed by atoms with Crippen LogP contribution in [0.1, 0.15) is 29.7 Å². The molecule has 0 aliphatic carbocycles. The predicted molar refractivity (Wildman–Crippen MR) is 98.7 cm³/mol. The van der Waals surface area contributed by atoms with Gasteiger partial charge in [0, 0.05) is 7.05 Å². The Bertz CT molecular complexity index is 848. The minimum Gasteiger partial charge on any atom is -0.348 e. The summed E-state index contributed by atoms with van der Waals surface area (Å²) in [7, 11) is -2.29. The number of likely N-dealkylation sites (N-methyl/N-ethyl adjacent to an activating group) is 1. The first kappa shape index (κ1) is 19.1. The largest absolute Gasteiger partial charge is 0.348 e. The Labute approximate surface area is 149 Å². The summed E-state index contributed by atoms with van der Waals surface area (Å²) in [6, 6.07) is 14.6. The Balaban J connectivity index is 2.09. The van der Waals surface area contributed by atoms with Crippen molar-refractivity contribution in [1.29, 1.82) is 0 Å². The molecule has 0 aliphatic rings. The second-order valence-electron chi connectivity index (χ2n) is 6.23. The van der Waals surface area contributed by atoms with Crippen LogP contribution in [0.25, 0.3) is 0 Å². The lowest BCUT2D eigenvalue weighted by atomic mass is 10.1. The molecule has 0 aliphatic heterocycles. The Kier molecular flexibility index (Phi) is 5.98.